The summed E-state index contributed by atoms with van der Waals surface area (Å²) in [5.41, 5.74) is 0. The van der Waals surface area contributed by atoms with Crippen molar-refractivity contribution in [2.75, 3.05) is 6.54 Å². The highest BCUT2D eigenvalue weighted by Gasteiger charge is 1.97. The summed E-state index contributed by atoms with van der Waals surface area (Å²) >= 11 is 0. The Labute approximate surface area is 105 Å². The summed E-state index contributed by atoms with van der Waals surface area (Å²) in [4.78, 5) is 0. The average Bonchev–Trinajstić information content (AvgIpc) is 2.04. The number of hydrogen-bond donors (Lipinski definition) is 0. The van der Waals surface area contributed by atoms with Gasteiger partial charge in [0, 0.05) is 6.92 Å². The minimum absolute atomic E-state index is 0.667. The van der Waals surface area contributed by atoms with E-state index < -0.39 is 18.1 Å². The molecule has 0 aliphatic carbocycles. The fraction of sp³-hybridized carbons (Fsp3) is 0.875. The van der Waals surface area contributed by atoms with Gasteiger partial charge in [-0.25, -0.2) is 0 Å². The molecule has 0 saturated carbocycles. The molecule has 0 radical (unpaired) electrons. The standard InChI is InChI=1S/C4H14OSi2.C2H11NSi2.C2H3N/c1-6(2)5-7(3)4;1-2-3(4)5;1-2-3/h6-7H,1-4H3;2H2,1,4-5H3;1H3. The normalized spacial score (nSPS) is 9.33. The molecule has 7 heteroatoms. The van der Waals surface area contributed by atoms with Gasteiger partial charge in [-0.1, -0.05) is 6.92 Å². The Hall–Kier alpha value is 0.278. The molecule has 0 bridgehead atoms. The van der Waals surface area contributed by atoms with E-state index in [9.17, 15) is 0 Å². The first-order valence-electron chi connectivity index (χ1n) is 5.42. The van der Waals surface area contributed by atoms with E-state index in [4.69, 9.17) is 9.38 Å². The molecule has 0 rings (SSSR count). The predicted molar refractivity (Wildman–Crippen MR) is 82.4 cm³/mol. The molecule has 0 spiro atoms. The zero-order valence-electron chi connectivity index (χ0n) is 11.7. The van der Waals surface area contributed by atoms with Gasteiger partial charge in [-0.05, 0) is 32.7 Å². The van der Waals surface area contributed by atoms with Crippen molar-refractivity contribution in [2.45, 2.75) is 40.0 Å². The molecule has 0 unspecified atom stereocenters. The van der Waals surface area contributed by atoms with E-state index in [1.807, 2.05) is 0 Å². The maximum atomic E-state index is 7.32. The second kappa shape index (κ2) is 16.7. The molecular formula is C8H28N2OSi4. The van der Waals surface area contributed by atoms with Crippen LogP contribution in [-0.4, -0.2) is 49.7 Å². The molecule has 0 atom stereocenters. The second-order valence-electron chi connectivity index (χ2n) is 3.85. The lowest BCUT2D eigenvalue weighted by atomic mass is 10.8. The van der Waals surface area contributed by atoms with Crippen molar-refractivity contribution in [2.24, 2.45) is 0 Å². The van der Waals surface area contributed by atoms with Crippen LogP contribution in [0.25, 0.3) is 0 Å². The Balaban J connectivity index is -0.000000158. The van der Waals surface area contributed by atoms with Gasteiger partial charge < -0.3 is 8.35 Å². The van der Waals surface area contributed by atoms with E-state index in [1.165, 1.54) is 34.3 Å². The summed E-state index contributed by atoms with van der Waals surface area (Å²) in [6, 6.07) is 1.75. The number of hydrogen-bond acceptors (Lipinski definition) is 3. The van der Waals surface area contributed by atoms with Gasteiger partial charge >= 0.3 is 0 Å². The van der Waals surface area contributed by atoms with E-state index >= 15 is 0 Å². The van der Waals surface area contributed by atoms with E-state index in [0.29, 0.717) is 0 Å². The molecule has 0 amide bonds. The highest BCUT2D eigenvalue weighted by atomic mass is 28.4. The van der Waals surface area contributed by atoms with Crippen LogP contribution >= 0.6 is 0 Å². The van der Waals surface area contributed by atoms with Gasteiger partial charge in [-0.15, -0.1) is 0 Å². The van der Waals surface area contributed by atoms with E-state index in [1.54, 1.807) is 6.07 Å². The fourth-order valence-electron chi connectivity index (χ4n) is 0.544. The van der Waals surface area contributed by atoms with Crippen molar-refractivity contribution < 1.29 is 4.12 Å². The first-order valence-corrected chi connectivity index (χ1v) is 12.8. The summed E-state index contributed by atoms with van der Waals surface area (Å²) in [6.07, 6.45) is 0. The van der Waals surface area contributed by atoms with Crippen LogP contribution in [0, 0.1) is 11.3 Å². The fourth-order valence-corrected chi connectivity index (χ4v) is 4.90. The van der Waals surface area contributed by atoms with Crippen LogP contribution in [0.15, 0.2) is 0 Å². The molecule has 0 heterocycles. The molecule has 0 aliphatic heterocycles. The lowest BCUT2D eigenvalue weighted by molar-refractivity contribution is 0.608. The van der Waals surface area contributed by atoms with Gasteiger partial charge in [0.25, 0.3) is 0 Å². The maximum absolute atomic E-state index is 7.32. The summed E-state index contributed by atoms with van der Waals surface area (Å²) in [7, 11) is 1.20. The summed E-state index contributed by atoms with van der Waals surface area (Å²) in [6.45, 7) is 13.7. The Morgan fingerprint density at radius 1 is 1.20 bits per heavy atom. The lowest BCUT2D eigenvalue weighted by Gasteiger charge is -2.07. The van der Waals surface area contributed by atoms with E-state index in [2.05, 4.69) is 37.3 Å². The Kier molecular flexibility index (Phi) is 23.0. The van der Waals surface area contributed by atoms with Gasteiger partial charge in [-0.3, -0.25) is 0 Å². The zero-order valence-corrected chi connectivity index (χ0v) is 18.0. The van der Waals surface area contributed by atoms with E-state index in [0.717, 1.165) is 0 Å². The van der Waals surface area contributed by atoms with Crippen LogP contribution in [0.3, 0.4) is 0 Å². The van der Waals surface area contributed by atoms with Gasteiger partial charge in [-0.2, -0.15) is 5.26 Å². The quantitative estimate of drug-likeness (QED) is 0.646. The smallest absolute Gasteiger partial charge is 0.156 e. The SMILES string of the molecule is CC#N.CCN([SiH3])[SiH3].C[SiH](C)O[SiH](C)C. The van der Waals surface area contributed by atoms with Crippen LogP contribution in [0.5, 0.6) is 0 Å². The van der Waals surface area contributed by atoms with Crippen LogP contribution in [0.1, 0.15) is 13.8 Å². The van der Waals surface area contributed by atoms with Crippen LogP contribution in [-0.2, 0) is 4.12 Å². The second-order valence-corrected chi connectivity index (χ2v) is 14.0. The van der Waals surface area contributed by atoms with Gasteiger partial charge in [0.05, 0.1) is 26.9 Å². The molecular weight excluding hydrogens is 252 g/mol. The summed E-state index contributed by atoms with van der Waals surface area (Å²) < 4.78 is 7.93. The van der Waals surface area contributed by atoms with Crippen molar-refractivity contribution in [1.29, 1.82) is 5.26 Å². The molecule has 0 aromatic carbocycles. The topological polar surface area (TPSA) is 36.3 Å². The Bertz CT molecular complexity index is 142. The van der Waals surface area contributed by atoms with Crippen molar-refractivity contribution in [3.63, 3.8) is 0 Å². The van der Waals surface area contributed by atoms with E-state index in [-0.39, 0.29) is 0 Å². The first-order chi connectivity index (χ1) is 6.81. The van der Waals surface area contributed by atoms with Crippen LogP contribution < -0.4 is 0 Å². The van der Waals surface area contributed by atoms with Crippen LogP contribution in [0.2, 0.25) is 26.2 Å². The molecule has 92 valence electrons. The lowest BCUT2D eigenvalue weighted by Crippen LogP contribution is -2.17. The minimum atomic E-state index is -0.667. The zero-order chi connectivity index (χ0) is 12.9. The third kappa shape index (κ3) is 54.6. The van der Waals surface area contributed by atoms with Crippen molar-refractivity contribution in [3.05, 3.63) is 0 Å². The monoisotopic (exact) mass is 280 g/mol. The summed E-state index contributed by atoms with van der Waals surface area (Å²) in [5, 5.41) is 7.32. The number of nitriles is 1. The van der Waals surface area contributed by atoms with Gasteiger partial charge in [0.1, 0.15) is 0 Å². The molecule has 0 fully saturated rings. The van der Waals surface area contributed by atoms with Crippen LogP contribution in [0.4, 0.5) is 0 Å². The number of nitrogens with zero attached hydrogens (tertiary/aromatic N) is 2. The highest BCUT2D eigenvalue weighted by Crippen LogP contribution is 1.87. The molecule has 0 aliphatic rings. The molecule has 3 nitrogen and oxygen atoms in total. The van der Waals surface area contributed by atoms with Gasteiger partial charge in [0.15, 0.2) is 18.1 Å². The molecule has 0 aromatic rings. The third-order valence-corrected chi connectivity index (χ3v) is 6.80. The highest BCUT2D eigenvalue weighted by molar-refractivity contribution is 6.63. The Morgan fingerprint density at radius 2 is 1.40 bits per heavy atom. The molecule has 0 N–H and O–H groups in total. The van der Waals surface area contributed by atoms with Crippen molar-refractivity contribution in [3.8, 4) is 6.07 Å². The van der Waals surface area contributed by atoms with Crippen molar-refractivity contribution >= 4 is 38.9 Å². The molecule has 0 saturated heterocycles. The molecule has 15 heavy (non-hydrogen) atoms. The molecule has 0 aromatic heterocycles. The first kappa shape index (κ1) is 20.7. The number of rotatable bonds is 3. The summed E-state index contributed by atoms with van der Waals surface area (Å²) in [5.74, 6) is 0. The predicted octanol–water partition coefficient (Wildman–Crippen LogP) is -0.631. The Morgan fingerprint density at radius 3 is 1.40 bits per heavy atom. The van der Waals surface area contributed by atoms with Gasteiger partial charge in [0.2, 0.25) is 0 Å². The minimum Gasteiger partial charge on any atom is -0.461 e. The largest absolute Gasteiger partial charge is 0.461 e. The maximum Gasteiger partial charge on any atom is 0.156 e. The van der Waals surface area contributed by atoms with Crippen molar-refractivity contribution in [1.82, 2.24) is 4.23 Å². The average molecular weight is 281 g/mol. The third-order valence-electron chi connectivity index (χ3n) is 1.18.